The van der Waals surface area contributed by atoms with Crippen LogP contribution in [0.4, 0.5) is 17.6 Å². The van der Waals surface area contributed by atoms with Crippen LogP contribution in [0.25, 0.3) is 0 Å². The van der Waals surface area contributed by atoms with Crippen LogP contribution in [0.1, 0.15) is 19.3 Å². The van der Waals surface area contributed by atoms with E-state index in [1.807, 2.05) is 0 Å². The third kappa shape index (κ3) is 3.05. The van der Waals surface area contributed by atoms with Crippen molar-refractivity contribution in [3.8, 4) is 0 Å². The van der Waals surface area contributed by atoms with Crippen molar-refractivity contribution >= 4 is 17.7 Å². The van der Waals surface area contributed by atoms with Gasteiger partial charge in [0.15, 0.2) is 11.6 Å². The average molecular weight is 309 g/mol. The second-order valence-corrected chi connectivity index (χ2v) is 5.68. The van der Waals surface area contributed by atoms with Crippen molar-refractivity contribution in [3.63, 3.8) is 0 Å². The minimum atomic E-state index is -1.68. The average Bonchev–Trinajstić information content (AvgIpc) is 3.16. The Bertz CT molecular complexity index is 522. The highest BCUT2D eigenvalue weighted by molar-refractivity contribution is 7.99. The summed E-state index contributed by atoms with van der Waals surface area (Å²) in [4.78, 5) is 13.0. The Kier molecular flexibility index (Phi) is 4.22. The molecule has 2 rings (SSSR count). The Hall–Kier alpha value is -1.31. The summed E-state index contributed by atoms with van der Waals surface area (Å²) in [6, 6.07) is 0. The summed E-state index contributed by atoms with van der Waals surface area (Å²) >= 11 is 0.646. The predicted octanol–water partition coefficient (Wildman–Crippen LogP) is 3.07. The topological polar surface area (TPSA) is 39.2 Å². The Morgan fingerprint density at radius 1 is 1.25 bits per heavy atom. The predicted molar refractivity (Wildman–Crippen MR) is 63.1 cm³/mol. The lowest BCUT2D eigenvalue weighted by Crippen LogP contribution is -2.13. The van der Waals surface area contributed by atoms with Gasteiger partial charge in [0.05, 0.1) is 18.4 Å². The number of hydrogen-bond acceptors (Lipinski definition) is 4. The number of carbonyl (C=O) groups is 1. The zero-order valence-corrected chi connectivity index (χ0v) is 11.3. The number of carbonyl (C=O) groups excluding carboxylic acids is 1. The molecule has 0 N–H and O–H groups in total. The Morgan fingerprint density at radius 2 is 1.80 bits per heavy atom. The minimum absolute atomic E-state index is 0.121. The lowest BCUT2D eigenvalue weighted by atomic mass is 10.1. The molecule has 110 valence electrons. The molecule has 1 saturated carbocycles. The summed E-state index contributed by atoms with van der Waals surface area (Å²) in [6.07, 6.45) is 1.53. The summed E-state index contributed by atoms with van der Waals surface area (Å²) in [5.74, 6) is -6.62. The number of pyridine rings is 1. The molecule has 0 aliphatic heterocycles. The monoisotopic (exact) mass is 309 g/mol. The summed E-state index contributed by atoms with van der Waals surface area (Å²) < 4.78 is 57.2. The van der Waals surface area contributed by atoms with Crippen LogP contribution >= 0.6 is 11.8 Å². The second kappa shape index (κ2) is 5.59. The molecule has 3 nitrogen and oxygen atoms in total. The van der Waals surface area contributed by atoms with Crippen LogP contribution in [0.3, 0.4) is 0 Å². The number of methoxy groups -OCH3 is 1. The zero-order chi connectivity index (χ0) is 14.9. The van der Waals surface area contributed by atoms with E-state index < -0.39 is 39.8 Å². The van der Waals surface area contributed by atoms with Gasteiger partial charge in [-0.25, -0.2) is 8.78 Å². The maximum atomic E-state index is 13.4. The van der Waals surface area contributed by atoms with Crippen LogP contribution < -0.4 is 0 Å². The van der Waals surface area contributed by atoms with Crippen LogP contribution in [-0.4, -0.2) is 23.8 Å². The van der Waals surface area contributed by atoms with Crippen LogP contribution in [0.2, 0.25) is 0 Å². The molecule has 0 spiro atoms. The van der Waals surface area contributed by atoms with Gasteiger partial charge in [-0.1, -0.05) is 0 Å². The van der Waals surface area contributed by atoms with Gasteiger partial charge in [0, 0.05) is 5.75 Å². The van der Waals surface area contributed by atoms with E-state index in [1.165, 1.54) is 7.11 Å². The fraction of sp³-hybridized carbons (Fsp3) is 0.500. The highest BCUT2D eigenvalue weighted by atomic mass is 32.2. The number of ether oxygens (including phenoxy) is 1. The Balaban J connectivity index is 2.10. The lowest BCUT2D eigenvalue weighted by molar-refractivity contribution is -0.141. The first-order chi connectivity index (χ1) is 9.38. The number of hydrogen-bond donors (Lipinski definition) is 0. The van der Waals surface area contributed by atoms with Crippen molar-refractivity contribution in [2.24, 2.45) is 5.41 Å². The molecule has 1 aliphatic rings. The number of halogens is 4. The molecule has 20 heavy (non-hydrogen) atoms. The number of aromatic nitrogens is 1. The van der Waals surface area contributed by atoms with Crippen LogP contribution in [0.5, 0.6) is 0 Å². The van der Waals surface area contributed by atoms with Gasteiger partial charge in [-0.3, -0.25) is 4.79 Å². The highest BCUT2D eigenvalue weighted by Gasteiger charge is 2.45. The maximum absolute atomic E-state index is 13.4. The van der Waals surface area contributed by atoms with Crippen molar-refractivity contribution in [2.45, 2.75) is 24.2 Å². The molecule has 1 heterocycles. The summed E-state index contributed by atoms with van der Waals surface area (Å²) in [6.45, 7) is 0. The van der Waals surface area contributed by atoms with E-state index in [0.717, 1.165) is 0 Å². The fourth-order valence-electron chi connectivity index (χ4n) is 1.75. The van der Waals surface area contributed by atoms with Crippen LogP contribution in [0.15, 0.2) is 4.90 Å². The molecule has 0 aromatic carbocycles. The molecular formula is C12H11F4NO2S. The van der Waals surface area contributed by atoms with E-state index in [-0.39, 0.29) is 12.2 Å². The smallest absolute Gasteiger partial charge is 0.306 e. The number of nitrogens with zero attached hydrogens (tertiary/aromatic N) is 1. The zero-order valence-electron chi connectivity index (χ0n) is 10.5. The highest BCUT2D eigenvalue weighted by Crippen LogP contribution is 2.52. The molecular weight excluding hydrogens is 298 g/mol. The summed E-state index contributed by atoms with van der Waals surface area (Å²) in [5, 5.41) is 0. The lowest BCUT2D eigenvalue weighted by Gasteiger charge is -2.13. The van der Waals surface area contributed by atoms with Gasteiger partial charge in [-0.2, -0.15) is 13.8 Å². The van der Waals surface area contributed by atoms with E-state index in [4.69, 9.17) is 0 Å². The molecule has 1 aromatic heterocycles. The van der Waals surface area contributed by atoms with Crippen molar-refractivity contribution in [1.29, 1.82) is 0 Å². The van der Waals surface area contributed by atoms with Gasteiger partial charge in [-0.15, -0.1) is 11.8 Å². The van der Waals surface area contributed by atoms with Crippen LogP contribution in [0, 0.1) is 28.9 Å². The van der Waals surface area contributed by atoms with E-state index in [9.17, 15) is 22.4 Å². The maximum Gasteiger partial charge on any atom is 0.306 e. The summed E-state index contributed by atoms with van der Waals surface area (Å²) in [5.41, 5.74) is -0.410. The largest absolute Gasteiger partial charge is 0.469 e. The first-order valence-corrected chi connectivity index (χ1v) is 6.77. The number of rotatable bonds is 5. The molecule has 0 amide bonds. The Labute approximate surface area is 116 Å². The van der Waals surface area contributed by atoms with Gasteiger partial charge >= 0.3 is 5.97 Å². The molecule has 0 unspecified atom stereocenters. The van der Waals surface area contributed by atoms with E-state index in [2.05, 4.69) is 9.72 Å². The summed E-state index contributed by atoms with van der Waals surface area (Å²) in [7, 11) is 1.25. The van der Waals surface area contributed by atoms with Crippen molar-refractivity contribution < 1.29 is 27.1 Å². The molecule has 0 saturated heterocycles. The molecule has 1 fully saturated rings. The molecule has 0 bridgehead atoms. The fourth-order valence-corrected chi connectivity index (χ4v) is 3.01. The minimum Gasteiger partial charge on any atom is -0.469 e. The molecule has 8 heteroatoms. The molecule has 0 radical (unpaired) electrons. The van der Waals surface area contributed by atoms with Crippen molar-refractivity contribution in [3.05, 3.63) is 23.5 Å². The van der Waals surface area contributed by atoms with Gasteiger partial charge in [0.25, 0.3) is 11.9 Å². The van der Waals surface area contributed by atoms with E-state index in [1.54, 1.807) is 0 Å². The number of esters is 1. The number of thioether (sulfide) groups is 1. The second-order valence-electron chi connectivity index (χ2n) is 4.69. The normalized spacial score (nSPS) is 16.1. The Morgan fingerprint density at radius 3 is 2.25 bits per heavy atom. The first kappa shape index (κ1) is 15.1. The first-order valence-electron chi connectivity index (χ1n) is 5.78. The van der Waals surface area contributed by atoms with Gasteiger partial charge < -0.3 is 4.74 Å². The van der Waals surface area contributed by atoms with Gasteiger partial charge in [-0.05, 0) is 18.3 Å². The molecule has 1 aromatic rings. The van der Waals surface area contributed by atoms with E-state index >= 15 is 0 Å². The van der Waals surface area contributed by atoms with Gasteiger partial charge in [0.2, 0.25) is 0 Å². The van der Waals surface area contributed by atoms with Gasteiger partial charge in [0.1, 0.15) is 0 Å². The van der Waals surface area contributed by atoms with Crippen LogP contribution in [-0.2, 0) is 9.53 Å². The SMILES string of the molecule is COC(=O)CC1(CSc2c(F)c(F)nc(F)c2F)CC1. The standard InChI is InChI=1S/C12H11F4NO2S/c1-19-6(18)4-12(2-3-12)5-20-9-7(13)10(15)17-11(16)8(9)14/h2-5H2,1H3. The molecule has 1 aliphatic carbocycles. The third-order valence-electron chi connectivity index (χ3n) is 3.18. The molecule has 0 atom stereocenters. The van der Waals surface area contributed by atoms with Crippen molar-refractivity contribution in [1.82, 2.24) is 4.98 Å². The third-order valence-corrected chi connectivity index (χ3v) is 4.59. The van der Waals surface area contributed by atoms with E-state index in [0.29, 0.717) is 24.6 Å². The van der Waals surface area contributed by atoms with Crippen molar-refractivity contribution in [2.75, 3.05) is 12.9 Å². The quantitative estimate of drug-likeness (QED) is 0.363.